The van der Waals surface area contributed by atoms with E-state index < -0.39 is 17.7 Å². The van der Waals surface area contributed by atoms with Crippen molar-refractivity contribution < 1.29 is 29.3 Å². The first kappa shape index (κ1) is 33.5. The molecule has 2 heterocycles. The van der Waals surface area contributed by atoms with Gasteiger partial charge in [0.1, 0.15) is 18.1 Å². The normalized spacial score (nSPS) is 15.6. The second kappa shape index (κ2) is 14.4. The topological polar surface area (TPSA) is 122 Å². The van der Waals surface area contributed by atoms with Crippen LogP contribution in [0.15, 0.2) is 99.3 Å². The first-order valence-electron chi connectivity index (χ1n) is 14.5. The highest BCUT2D eigenvalue weighted by atomic mass is 79.9. The van der Waals surface area contributed by atoms with Crippen LogP contribution in [0.2, 0.25) is 5.02 Å². The monoisotopic (exact) mass is 763 g/mol. The number of hydrogen-bond donors (Lipinski definition) is 2. The highest BCUT2D eigenvalue weighted by molar-refractivity contribution is 9.10. The second-order valence-corrected chi connectivity index (χ2v) is 14.2. The molecule has 1 atom stereocenters. The van der Waals surface area contributed by atoms with E-state index in [0.717, 1.165) is 28.0 Å². The van der Waals surface area contributed by atoms with Crippen molar-refractivity contribution in [3.8, 4) is 17.2 Å². The molecule has 0 spiro atoms. The fourth-order valence-electron chi connectivity index (χ4n) is 5.13. The zero-order valence-corrected chi connectivity index (χ0v) is 29.5. The van der Waals surface area contributed by atoms with Crippen LogP contribution in [0.3, 0.4) is 0 Å². The predicted octanol–water partition coefficient (Wildman–Crippen LogP) is 8.47. The molecular weight excluding hydrogens is 738 g/mol. The van der Waals surface area contributed by atoms with Crippen LogP contribution in [-0.2, 0) is 21.9 Å². The minimum atomic E-state index is -1.12. The molecule has 9 nitrogen and oxygen atoms in total. The number of ketones is 1. The van der Waals surface area contributed by atoms with Crippen molar-refractivity contribution in [1.29, 1.82) is 0 Å². The Bertz CT molecular complexity index is 2040. The van der Waals surface area contributed by atoms with E-state index in [2.05, 4.69) is 26.1 Å². The Morgan fingerprint density at radius 1 is 1.04 bits per heavy atom. The van der Waals surface area contributed by atoms with Gasteiger partial charge in [0.15, 0.2) is 15.8 Å². The Hall–Kier alpha value is -4.36. The van der Waals surface area contributed by atoms with Crippen molar-refractivity contribution in [2.75, 3.05) is 12.0 Å². The van der Waals surface area contributed by atoms with Crippen molar-refractivity contribution in [1.82, 2.24) is 10.2 Å². The number of aliphatic hydroxyl groups is 1. The van der Waals surface area contributed by atoms with E-state index in [0.29, 0.717) is 38.6 Å². The van der Waals surface area contributed by atoms with E-state index in [1.54, 1.807) is 42.5 Å². The molecule has 1 fully saturated rings. The number of rotatable bonds is 10. The maximum absolute atomic E-state index is 13.7. The third-order valence-corrected chi connectivity index (χ3v) is 10.7. The highest BCUT2D eigenvalue weighted by Gasteiger charge is 2.48. The lowest BCUT2D eigenvalue weighted by Gasteiger charge is -2.23. The van der Waals surface area contributed by atoms with Gasteiger partial charge < -0.3 is 19.7 Å². The Labute approximate surface area is 297 Å². The van der Waals surface area contributed by atoms with E-state index >= 15 is 0 Å². The Morgan fingerprint density at radius 3 is 2.48 bits per heavy atom. The fraction of sp³-hybridized carbons (Fsp3) is 0.143. The van der Waals surface area contributed by atoms with Crippen LogP contribution in [0.1, 0.15) is 33.9 Å². The number of phenols is 1. The summed E-state index contributed by atoms with van der Waals surface area (Å²) in [5, 5.41) is 31.5. The number of methoxy groups -OCH3 is 1. The summed E-state index contributed by atoms with van der Waals surface area (Å²) in [5.41, 5.74) is 3.72. The summed E-state index contributed by atoms with van der Waals surface area (Å²) in [4.78, 5) is 28.6. The van der Waals surface area contributed by atoms with Crippen LogP contribution in [0.4, 0.5) is 5.13 Å². The number of aromatic hydroxyl groups is 1. The van der Waals surface area contributed by atoms with Gasteiger partial charge >= 0.3 is 5.91 Å². The zero-order chi connectivity index (χ0) is 33.9. The van der Waals surface area contributed by atoms with Gasteiger partial charge in [-0.3, -0.25) is 14.5 Å². The number of anilines is 1. The van der Waals surface area contributed by atoms with Crippen LogP contribution in [0.25, 0.3) is 5.76 Å². The average molecular weight is 765 g/mol. The maximum Gasteiger partial charge on any atom is 0.301 e. The molecule has 1 aliphatic heterocycles. The summed E-state index contributed by atoms with van der Waals surface area (Å²) in [6, 6.07) is 23.9. The summed E-state index contributed by atoms with van der Waals surface area (Å²) in [7, 11) is 1.39. The standard InChI is InChI=1S/C35H27BrClN3O6S2/c1-19-5-3-4-6-22(19)17-46-25-13-9-21(10-14-25)30(41)28-29(23-15-26(36)31(42)27(16-23)45-2)40(33(44)32(28)43)34-38-39-35(48-34)47-18-20-7-11-24(37)12-8-20/h3-16,29,41-42H,17-18H2,1-2H3. The lowest BCUT2D eigenvalue weighted by Crippen LogP contribution is -2.29. The van der Waals surface area contributed by atoms with Crippen LogP contribution < -0.4 is 14.4 Å². The third kappa shape index (κ3) is 6.93. The van der Waals surface area contributed by atoms with E-state index in [-0.39, 0.29) is 32.4 Å². The quantitative estimate of drug-likeness (QED) is 0.0474. The van der Waals surface area contributed by atoms with Crippen molar-refractivity contribution in [2.24, 2.45) is 0 Å². The molecule has 0 bridgehead atoms. The molecule has 1 saturated heterocycles. The number of hydrogen-bond acceptors (Lipinski definition) is 10. The van der Waals surface area contributed by atoms with Gasteiger partial charge in [-0.25, -0.2) is 0 Å². The summed E-state index contributed by atoms with van der Waals surface area (Å²) < 4.78 is 12.2. The van der Waals surface area contributed by atoms with Crippen molar-refractivity contribution >= 4 is 73.2 Å². The fourth-order valence-corrected chi connectivity index (χ4v) is 7.54. The van der Waals surface area contributed by atoms with Gasteiger partial charge in [-0.15, -0.1) is 10.2 Å². The minimum Gasteiger partial charge on any atom is -0.507 e. The molecule has 1 aliphatic rings. The molecule has 4 aromatic carbocycles. The van der Waals surface area contributed by atoms with Crippen LogP contribution >= 0.6 is 50.6 Å². The van der Waals surface area contributed by atoms with E-state index in [4.69, 9.17) is 21.1 Å². The highest BCUT2D eigenvalue weighted by Crippen LogP contribution is 2.47. The number of halogens is 2. The van der Waals surface area contributed by atoms with Gasteiger partial charge in [-0.1, -0.05) is 71.1 Å². The lowest BCUT2D eigenvalue weighted by molar-refractivity contribution is -0.132. The second-order valence-electron chi connectivity index (χ2n) is 10.7. The van der Waals surface area contributed by atoms with Crippen molar-refractivity contribution in [3.05, 3.63) is 128 Å². The summed E-state index contributed by atoms with van der Waals surface area (Å²) in [5.74, 6) is -1.05. The van der Waals surface area contributed by atoms with Gasteiger partial charge in [0.25, 0.3) is 5.78 Å². The molecule has 2 N–H and O–H groups in total. The summed E-state index contributed by atoms with van der Waals surface area (Å²) in [6.07, 6.45) is 0. The van der Waals surface area contributed by atoms with Crippen molar-refractivity contribution in [3.63, 3.8) is 0 Å². The average Bonchev–Trinajstić information content (AvgIpc) is 3.66. The largest absolute Gasteiger partial charge is 0.507 e. The number of amides is 1. The molecule has 244 valence electrons. The van der Waals surface area contributed by atoms with Gasteiger partial charge in [-0.2, -0.15) is 0 Å². The van der Waals surface area contributed by atoms with E-state index in [9.17, 15) is 19.8 Å². The number of ether oxygens (including phenoxy) is 2. The number of thioether (sulfide) groups is 1. The number of carbonyl (C=O) groups excluding carboxylic acids is 2. The first-order valence-corrected chi connectivity index (χ1v) is 17.5. The number of benzene rings is 4. The van der Waals surface area contributed by atoms with Crippen LogP contribution in [0.5, 0.6) is 17.2 Å². The Morgan fingerprint density at radius 2 is 1.77 bits per heavy atom. The smallest absolute Gasteiger partial charge is 0.301 e. The van der Waals surface area contributed by atoms with Gasteiger partial charge in [0, 0.05) is 16.3 Å². The van der Waals surface area contributed by atoms with Gasteiger partial charge in [0.05, 0.1) is 23.2 Å². The molecule has 48 heavy (non-hydrogen) atoms. The minimum absolute atomic E-state index is 0.108. The van der Waals surface area contributed by atoms with Gasteiger partial charge in [0.2, 0.25) is 5.13 Å². The molecule has 5 aromatic rings. The van der Waals surface area contributed by atoms with E-state index in [1.807, 2.05) is 43.3 Å². The van der Waals surface area contributed by atoms with Crippen molar-refractivity contribution in [2.45, 2.75) is 29.7 Å². The Balaban J connectivity index is 1.35. The molecule has 0 saturated carbocycles. The maximum atomic E-state index is 13.7. The zero-order valence-electron chi connectivity index (χ0n) is 25.5. The summed E-state index contributed by atoms with van der Waals surface area (Å²) in [6.45, 7) is 2.37. The molecular formula is C35H27BrClN3O6S2. The van der Waals surface area contributed by atoms with Gasteiger partial charge in [-0.05, 0) is 93.6 Å². The number of Topliss-reactive ketones (excluding diaryl/α,β-unsaturated/α-hetero) is 1. The van der Waals surface area contributed by atoms with Crippen LogP contribution in [0, 0.1) is 6.92 Å². The SMILES string of the molecule is COc1cc(C2C(=C(O)c3ccc(OCc4ccccc4C)cc3)C(=O)C(=O)N2c2nnc(SCc3ccc(Cl)cc3)s2)cc(Br)c1O. The predicted molar refractivity (Wildman–Crippen MR) is 190 cm³/mol. The Kier molecular flexibility index (Phi) is 10.1. The number of carbonyl (C=O) groups is 2. The molecule has 6 rings (SSSR count). The molecule has 1 amide bonds. The number of aromatic nitrogens is 2. The number of aryl methyl sites for hydroxylation is 1. The van der Waals surface area contributed by atoms with E-state index in [1.165, 1.54) is 29.8 Å². The first-order chi connectivity index (χ1) is 23.1. The summed E-state index contributed by atoms with van der Waals surface area (Å²) >= 11 is 11.9. The number of aliphatic hydroxyl groups excluding tert-OH is 1. The molecule has 0 aliphatic carbocycles. The number of phenolic OH excluding ortho intramolecular Hbond substituents is 1. The molecule has 0 radical (unpaired) electrons. The molecule has 1 aromatic heterocycles. The third-order valence-electron chi connectivity index (χ3n) is 7.69. The lowest BCUT2D eigenvalue weighted by atomic mass is 9.95. The van der Waals surface area contributed by atoms with Crippen LogP contribution in [-0.4, -0.2) is 39.2 Å². The number of nitrogens with zero attached hydrogens (tertiary/aromatic N) is 3. The molecule has 13 heteroatoms. The molecule has 1 unspecified atom stereocenters.